The molecule has 1 rings (SSSR count). The molecular formula is C5H7NO2S. The molecule has 0 saturated heterocycles. The van der Waals surface area contributed by atoms with Crippen LogP contribution in [0.4, 0.5) is 0 Å². The molecule has 1 N–H and O–H groups in total. The minimum Gasteiger partial charge on any atom is -0.305 e. The van der Waals surface area contributed by atoms with Gasteiger partial charge in [0.05, 0.1) is 5.75 Å². The van der Waals surface area contributed by atoms with Crippen LogP contribution in [0, 0.1) is 5.41 Å². The molecule has 0 saturated carbocycles. The summed E-state index contributed by atoms with van der Waals surface area (Å²) in [5.74, 6) is 0.0995. The summed E-state index contributed by atoms with van der Waals surface area (Å²) >= 11 is 0. The maximum absolute atomic E-state index is 10.6. The Balaban J connectivity index is 2.95. The topological polar surface area (TPSA) is 58.0 Å². The normalized spacial score (nSPS) is 24.2. The molecule has 0 atom stereocenters. The molecule has 0 bridgehead atoms. The van der Waals surface area contributed by atoms with Gasteiger partial charge in [0, 0.05) is 17.5 Å². The van der Waals surface area contributed by atoms with Crippen molar-refractivity contribution in [3.05, 3.63) is 11.5 Å². The average molecular weight is 145 g/mol. The van der Waals surface area contributed by atoms with Crippen molar-refractivity contribution < 1.29 is 8.42 Å². The Morgan fingerprint density at radius 2 is 2.22 bits per heavy atom. The molecule has 0 amide bonds. The molecule has 3 nitrogen and oxygen atoms in total. The molecule has 1 aliphatic heterocycles. The van der Waals surface area contributed by atoms with Gasteiger partial charge in [0.2, 0.25) is 0 Å². The van der Waals surface area contributed by atoms with Crippen LogP contribution in [0.25, 0.3) is 0 Å². The Bertz CT molecular complexity index is 250. The van der Waals surface area contributed by atoms with Gasteiger partial charge in [-0.05, 0) is 6.08 Å². The largest absolute Gasteiger partial charge is 0.305 e. The fraction of sp³-hybridized carbons (Fsp3) is 0.400. The number of hydrogen-bond donors (Lipinski definition) is 1. The van der Waals surface area contributed by atoms with E-state index in [1.165, 1.54) is 6.08 Å². The third-order valence-corrected chi connectivity index (χ3v) is 2.46. The molecule has 4 heteroatoms. The van der Waals surface area contributed by atoms with Crippen LogP contribution in [0.1, 0.15) is 6.42 Å². The molecule has 0 spiro atoms. The second kappa shape index (κ2) is 1.95. The van der Waals surface area contributed by atoms with E-state index in [1.807, 2.05) is 0 Å². The van der Waals surface area contributed by atoms with Crippen LogP contribution >= 0.6 is 0 Å². The van der Waals surface area contributed by atoms with E-state index >= 15 is 0 Å². The second-order valence-corrected chi connectivity index (χ2v) is 3.95. The lowest BCUT2D eigenvalue weighted by atomic mass is 10.3. The van der Waals surface area contributed by atoms with Crippen LogP contribution in [0.15, 0.2) is 11.5 Å². The van der Waals surface area contributed by atoms with Gasteiger partial charge in [0.1, 0.15) is 0 Å². The minimum atomic E-state index is -2.94. The molecule has 0 aromatic heterocycles. The smallest absolute Gasteiger partial charge is 0.172 e. The predicted octanol–water partition coefficient (Wildman–Crippen LogP) is 0.338. The fourth-order valence-corrected chi connectivity index (χ4v) is 1.60. The molecule has 0 radical (unpaired) electrons. The van der Waals surface area contributed by atoms with E-state index in [4.69, 9.17) is 5.41 Å². The van der Waals surface area contributed by atoms with Gasteiger partial charge in [-0.25, -0.2) is 8.42 Å². The van der Waals surface area contributed by atoms with Crippen molar-refractivity contribution in [2.24, 2.45) is 0 Å². The molecule has 1 heterocycles. The first-order chi connectivity index (χ1) is 4.10. The standard InChI is InChI=1S/C5H7NO2S/c6-5-1-3-9(7,8)4-2-5/h1,3,6H,2,4H2. The first kappa shape index (κ1) is 6.48. The third-order valence-electron chi connectivity index (χ3n) is 1.13. The first-order valence-electron chi connectivity index (χ1n) is 2.58. The lowest BCUT2D eigenvalue weighted by Gasteiger charge is -2.02. The molecule has 50 valence electrons. The molecule has 9 heavy (non-hydrogen) atoms. The predicted molar refractivity (Wildman–Crippen MR) is 35.3 cm³/mol. The number of nitrogens with one attached hydrogen (secondary N) is 1. The first-order valence-corrected chi connectivity index (χ1v) is 4.30. The van der Waals surface area contributed by atoms with E-state index in [-0.39, 0.29) is 5.75 Å². The molecule has 0 aliphatic carbocycles. The van der Waals surface area contributed by atoms with Gasteiger partial charge in [-0.15, -0.1) is 0 Å². The molecular weight excluding hydrogens is 138 g/mol. The highest BCUT2D eigenvalue weighted by molar-refractivity contribution is 7.94. The van der Waals surface area contributed by atoms with E-state index in [1.54, 1.807) is 0 Å². The van der Waals surface area contributed by atoms with Crippen molar-refractivity contribution in [2.75, 3.05) is 5.75 Å². The van der Waals surface area contributed by atoms with Gasteiger partial charge in [0.25, 0.3) is 0 Å². The number of allylic oxidation sites excluding steroid dienone is 1. The van der Waals surface area contributed by atoms with Gasteiger partial charge >= 0.3 is 0 Å². The van der Waals surface area contributed by atoms with E-state index < -0.39 is 9.84 Å². The highest BCUT2D eigenvalue weighted by Crippen LogP contribution is 2.04. The summed E-state index contributed by atoms with van der Waals surface area (Å²) in [5.41, 5.74) is 0.393. The maximum atomic E-state index is 10.6. The lowest BCUT2D eigenvalue weighted by Crippen LogP contribution is -2.11. The lowest BCUT2D eigenvalue weighted by molar-refractivity contribution is 0.604. The summed E-state index contributed by atoms with van der Waals surface area (Å²) in [6.07, 6.45) is 1.69. The summed E-state index contributed by atoms with van der Waals surface area (Å²) in [7, 11) is -2.94. The van der Waals surface area contributed by atoms with Crippen LogP contribution in [0.5, 0.6) is 0 Å². The van der Waals surface area contributed by atoms with Gasteiger partial charge in [-0.2, -0.15) is 0 Å². The fourth-order valence-electron chi connectivity index (χ4n) is 0.589. The zero-order valence-electron chi connectivity index (χ0n) is 4.79. The van der Waals surface area contributed by atoms with Crippen molar-refractivity contribution in [1.29, 1.82) is 5.41 Å². The van der Waals surface area contributed by atoms with Gasteiger partial charge < -0.3 is 5.41 Å². The quantitative estimate of drug-likeness (QED) is 0.534. The molecule has 1 aliphatic rings. The van der Waals surface area contributed by atoms with Crippen LogP contribution in [-0.2, 0) is 9.84 Å². The number of hydrogen-bond acceptors (Lipinski definition) is 3. The maximum Gasteiger partial charge on any atom is 0.172 e. The second-order valence-electron chi connectivity index (χ2n) is 1.94. The SMILES string of the molecule is N=C1C=CS(=O)(=O)CC1. The van der Waals surface area contributed by atoms with Gasteiger partial charge in [-0.1, -0.05) is 0 Å². The minimum absolute atomic E-state index is 0.0995. The zero-order valence-corrected chi connectivity index (χ0v) is 5.61. The van der Waals surface area contributed by atoms with Crippen LogP contribution in [0.2, 0.25) is 0 Å². The van der Waals surface area contributed by atoms with Crippen LogP contribution < -0.4 is 0 Å². The van der Waals surface area contributed by atoms with Crippen molar-refractivity contribution in [2.45, 2.75) is 6.42 Å². The molecule has 0 aromatic carbocycles. The van der Waals surface area contributed by atoms with Crippen molar-refractivity contribution in [3.8, 4) is 0 Å². The summed E-state index contributed by atoms with van der Waals surface area (Å²) in [5, 5.41) is 8.11. The summed E-state index contributed by atoms with van der Waals surface area (Å²) in [6.45, 7) is 0. The van der Waals surface area contributed by atoms with Gasteiger partial charge in [-0.3, -0.25) is 0 Å². The Morgan fingerprint density at radius 1 is 1.56 bits per heavy atom. The highest BCUT2D eigenvalue weighted by atomic mass is 32.2. The third kappa shape index (κ3) is 1.64. The summed E-state index contributed by atoms with van der Waals surface area (Å²) < 4.78 is 21.2. The van der Waals surface area contributed by atoms with Crippen LogP contribution in [0.3, 0.4) is 0 Å². The van der Waals surface area contributed by atoms with Crippen molar-refractivity contribution >= 4 is 15.5 Å². The zero-order chi connectivity index (χ0) is 6.91. The Hall–Kier alpha value is -0.640. The average Bonchev–Trinajstić information content (AvgIpc) is 1.78. The Morgan fingerprint density at radius 3 is 2.56 bits per heavy atom. The Kier molecular flexibility index (Phi) is 1.40. The van der Waals surface area contributed by atoms with E-state index in [9.17, 15) is 8.42 Å². The van der Waals surface area contributed by atoms with E-state index in [0.29, 0.717) is 12.1 Å². The highest BCUT2D eigenvalue weighted by Gasteiger charge is 2.11. The molecule has 0 unspecified atom stereocenters. The summed E-state index contributed by atoms with van der Waals surface area (Å²) in [6, 6.07) is 0. The van der Waals surface area contributed by atoms with Gasteiger partial charge in [0.15, 0.2) is 9.84 Å². The molecule has 0 fully saturated rings. The van der Waals surface area contributed by atoms with E-state index in [2.05, 4.69) is 0 Å². The molecule has 0 aromatic rings. The Labute approximate surface area is 53.8 Å². The number of rotatable bonds is 0. The number of sulfone groups is 1. The summed E-state index contributed by atoms with van der Waals surface area (Å²) in [4.78, 5) is 0. The van der Waals surface area contributed by atoms with Crippen molar-refractivity contribution in [3.63, 3.8) is 0 Å². The monoisotopic (exact) mass is 145 g/mol. The van der Waals surface area contributed by atoms with E-state index in [0.717, 1.165) is 5.41 Å². The van der Waals surface area contributed by atoms with Crippen LogP contribution in [-0.4, -0.2) is 19.9 Å². The van der Waals surface area contributed by atoms with Crippen molar-refractivity contribution in [1.82, 2.24) is 0 Å².